The van der Waals surface area contributed by atoms with Crippen molar-refractivity contribution in [1.82, 2.24) is 0 Å². The first-order chi connectivity index (χ1) is 8.60. The molecular formula is C14H18BrNO2. The number of Topliss-reactive ketones (excluding diaryl/α,β-unsaturated/α-hetero) is 1. The maximum atomic E-state index is 11.7. The van der Waals surface area contributed by atoms with E-state index in [-0.39, 0.29) is 5.78 Å². The van der Waals surface area contributed by atoms with Crippen molar-refractivity contribution < 1.29 is 9.53 Å². The molecule has 0 radical (unpaired) electrons. The average Bonchev–Trinajstić information content (AvgIpc) is 2.34. The first-order valence-electron chi connectivity index (χ1n) is 5.75. The van der Waals surface area contributed by atoms with Crippen molar-refractivity contribution in [3.63, 3.8) is 0 Å². The molecule has 0 saturated carbocycles. The Morgan fingerprint density at radius 2 is 2.28 bits per heavy atom. The Hall–Kier alpha value is -1.13. The van der Waals surface area contributed by atoms with E-state index in [1.807, 2.05) is 24.3 Å². The van der Waals surface area contributed by atoms with Crippen LogP contribution in [0.5, 0.6) is 0 Å². The Balaban J connectivity index is 3.11. The number of methoxy groups -OCH3 is 1. The molecule has 0 aliphatic carbocycles. The molecule has 0 N–H and O–H groups in total. The van der Waals surface area contributed by atoms with Crippen molar-refractivity contribution in [1.29, 1.82) is 0 Å². The second-order valence-corrected chi connectivity index (χ2v) is 4.86. The molecule has 0 heterocycles. The van der Waals surface area contributed by atoms with E-state index in [0.29, 0.717) is 13.2 Å². The summed E-state index contributed by atoms with van der Waals surface area (Å²) in [7, 11) is 1.67. The van der Waals surface area contributed by atoms with Crippen LogP contribution in [0.2, 0.25) is 0 Å². The number of halogens is 1. The van der Waals surface area contributed by atoms with E-state index in [0.717, 1.165) is 22.3 Å². The summed E-state index contributed by atoms with van der Waals surface area (Å²) in [5.41, 5.74) is 1.63. The van der Waals surface area contributed by atoms with Crippen LogP contribution in [0.25, 0.3) is 0 Å². The van der Waals surface area contributed by atoms with Gasteiger partial charge in [-0.25, -0.2) is 0 Å². The quantitative estimate of drug-likeness (QED) is 0.571. The summed E-state index contributed by atoms with van der Waals surface area (Å²) in [4.78, 5) is 13.7. The van der Waals surface area contributed by atoms with Gasteiger partial charge in [-0.2, -0.15) is 0 Å². The molecule has 0 saturated heterocycles. The van der Waals surface area contributed by atoms with Gasteiger partial charge >= 0.3 is 0 Å². The van der Waals surface area contributed by atoms with Crippen molar-refractivity contribution in [2.24, 2.45) is 0 Å². The predicted molar refractivity (Wildman–Crippen MR) is 78.4 cm³/mol. The molecule has 1 aromatic carbocycles. The third-order valence-electron chi connectivity index (χ3n) is 2.59. The number of ketones is 1. The minimum Gasteiger partial charge on any atom is -0.383 e. The van der Waals surface area contributed by atoms with Crippen LogP contribution in [-0.4, -0.2) is 32.6 Å². The van der Waals surface area contributed by atoms with Crippen LogP contribution in [0.15, 0.2) is 35.3 Å². The molecule has 4 heteroatoms. The van der Waals surface area contributed by atoms with Gasteiger partial charge in [-0.15, -0.1) is 6.58 Å². The highest BCUT2D eigenvalue weighted by Gasteiger charge is 2.13. The van der Waals surface area contributed by atoms with Gasteiger partial charge in [0.25, 0.3) is 0 Å². The Morgan fingerprint density at radius 3 is 2.83 bits per heavy atom. The molecule has 0 unspecified atom stereocenters. The maximum Gasteiger partial charge on any atom is 0.161 e. The lowest BCUT2D eigenvalue weighted by molar-refractivity contribution is 0.101. The number of nitrogens with zero attached hydrogens (tertiary/aromatic N) is 1. The van der Waals surface area contributed by atoms with Gasteiger partial charge in [0.2, 0.25) is 0 Å². The van der Waals surface area contributed by atoms with Gasteiger partial charge < -0.3 is 9.64 Å². The van der Waals surface area contributed by atoms with Crippen molar-refractivity contribution in [2.45, 2.75) is 6.92 Å². The molecule has 3 nitrogen and oxygen atoms in total. The SMILES string of the molecule is C=CCN(CCOC)c1cc(Br)ccc1C(C)=O. The van der Waals surface area contributed by atoms with Crippen LogP contribution in [0.1, 0.15) is 17.3 Å². The van der Waals surface area contributed by atoms with Crippen LogP contribution in [0, 0.1) is 0 Å². The van der Waals surface area contributed by atoms with Crippen LogP contribution >= 0.6 is 15.9 Å². The molecule has 18 heavy (non-hydrogen) atoms. The van der Waals surface area contributed by atoms with Crippen molar-refractivity contribution >= 4 is 27.4 Å². The van der Waals surface area contributed by atoms with E-state index in [9.17, 15) is 4.79 Å². The number of benzene rings is 1. The molecule has 1 rings (SSSR count). The lowest BCUT2D eigenvalue weighted by atomic mass is 10.1. The lowest BCUT2D eigenvalue weighted by Crippen LogP contribution is -2.28. The molecule has 1 aromatic rings. The van der Waals surface area contributed by atoms with Gasteiger partial charge in [0.15, 0.2) is 5.78 Å². The molecule has 0 amide bonds. The van der Waals surface area contributed by atoms with Gasteiger partial charge in [0.1, 0.15) is 0 Å². The Bertz CT molecular complexity index is 432. The van der Waals surface area contributed by atoms with E-state index in [1.165, 1.54) is 0 Å². The lowest BCUT2D eigenvalue weighted by Gasteiger charge is -2.25. The third kappa shape index (κ3) is 3.96. The van der Waals surface area contributed by atoms with Crippen molar-refractivity contribution in [2.75, 3.05) is 31.7 Å². The minimum absolute atomic E-state index is 0.0592. The van der Waals surface area contributed by atoms with Gasteiger partial charge in [-0.1, -0.05) is 22.0 Å². The summed E-state index contributed by atoms with van der Waals surface area (Å²) in [6.45, 7) is 7.34. The van der Waals surface area contributed by atoms with E-state index >= 15 is 0 Å². The first kappa shape index (κ1) is 14.9. The molecule has 0 aliphatic rings. The zero-order valence-corrected chi connectivity index (χ0v) is 12.4. The van der Waals surface area contributed by atoms with Crippen LogP contribution in [0.3, 0.4) is 0 Å². The minimum atomic E-state index is 0.0592. The fourth-order valence-corrected chi connectivity index (χ4v) is 2.08. The Kier molecular flexibility index (Phi) is 6.09. The second kappa shape index (κ2) is 7.34. The molecular weight excluding hydrogens is 294 g/mol. The first-order valence-corrected chi connectivity index (χ1v) is 6.54. The van der Waals surface area contributed by atoms with Gasteiger partial charge in [-0.05, 0) is 25.1 Å². The summed E-state index contributed by atoms with van der Waals surface area (Å²) >= 11 is 3.44. The number of ether oxygens (including phenoxy) is 1. The highest BCUT2D eigenvalue weighted by atomic mass is 79.9. The summed E-state index contributed by atoms with van der Waals surface area (Å²) in [6, 6.07) is 5.67. The summed E-state index contributed by atoms with van der Waals surface area (Å²) in [5.74, 6) is 0.0592. The molecule has 0 aliphatic heterocycles. The highest BCUT2D eigenvalue weighted by molar-refractivity contribution is 9.10. The topological polar surface area (TPSA) is 29.5 Å². The molecule has 0 fully saturated rings. The number of carbonyl (C=O) groups excluding carboxylic acids is 1. The third-order valence-corrected chi connectivity index (χ3v) is 3.09. The Morgan fingerprint density at radius 1 is 1.56 bits per heavy atom. The highest BCUT2D eigenvalue weighted by Crippen LogP contribution is 2.25. The summed E-state index contributed by atoms with van der Waals surface area (Å²) in [6.07, 6.45) is 1.82. The summed E-state index contributed by atoms with van der Waals surface area (Å²) < 4.78 is 6.05. The van der Waals surface area contributed by atoms with E-state index in [4.69, 9.17) is 4.74 Å². The van der Waals surface area contributed by atoms with Crippen molar-refractivity contribution in [3.05, 3.63) is 40.9 Å². The van der Waals surface area contributed by atoms with Gasteiger partial charge in [-0.3, -0.25) is 4.79 Å². The predicted octanol–water partition coefficient (Wildman–Crippen LogP) is 3.29. The average molecular weight is 312 g/mol. The number of rotatable bonds is 7. The Labute approximate surface area is 117 Å². The molecule has 0 aromatic heterocycles. The van der Waals surface area contributed by atoms with Crippen LogP contribution in [0.4, 0.5) is 5.69 Å². The van der Waals surface area contributed by atoms with Gasteiger partial charge in [0, 0.05) is 35.9 Å². The summed E-state index contributed by atoms with van der Waals surface area (Å²) in [5, 5.41) is 0. The van der Waals surface area contributed by atoms with E-state index in [2.05, 4.69) is 27.4 Å². The molecule has 98 valence electrons. The number of hydrogen-bond donors (Lipinski definition) is 0. The van der Waals surface area contributed by atoms with Crippen LogP contribution < -0.4 is 4.90 Å². The standard InChI is InChI=1S/C14H18BrNO2/c1-4-7-16(8-9-18-3)14-10-12(15)5-6-13(14)11(2)17/h4-6,10H,1,7-9H2,2-3H3. The second-order valence-electron chi connectivity index (χ2n) is 3.95. The van der Waals surface area contributed by atoms with Gasteiger partial charge in [0.05, 0.1) is 6.61 Å². The number of hydrogen-bond acceptors (Lipinski definition) is 3. The monoisotopic (exact) mass is 311 g/mol. The molecule has 0 spiro atoms. The fraction of sp³-hybridized carbons (Fsp3) is 0.357. The maximum absolute atomic E-state index is 11.7. The normalized spacial score (nSPS) is 10.2. The van der Waals surface area contributed by atoms with Crippen LogP contribution in [-0.2, 0) is 4.74 Å². The zero-order valence-electron chi connectivity index (χ0n) is 10.8. The van der Waals surface area contributed by atoms with E-state index in [1.54, 1.807) is 14.0 Å². The zero-order chi connectivity index (χ0) is 13.5. The smallest absolute Gasteiger partial charge is 0.161 e. The van der Waals surface area contributed by atoms with E-state index < -0.39 is 0 Å². The number of carbonyl (C=O) groups is 1. The van der Waals surface area contributed by atoms with Crippen molar-refractivity contribution in [3.8, 4) is 0 Å². The number of anilines is 1. The fourth-order valence-electron chi connectivity index (χ4n) is 1.73. The largest absolute Gasteiger partial charge is 0.383 e. The molecule has 0 atom stereocenters. The molecule has 0 bridgehead atoms.